The van der Waals surface area contributed by atoms with Crippen LogP contribution in [-0.2, 0) is 19.4 Å². The highest BCUT2D eigenvalue weighted by Crippen LogP contribution is 2.27. The Bertz CT molecular complexity index is 505. The summed E-state index contributed by atoms with van der Waals surface area (Å²) in [4.78, 5) is 58.6. The molecule has 0 amide bonds. The molecule has 0 fully saturated rings. The molecule has 0 heterocycles. The lowest BCUT2D eigenvalue weighted by molar-refractivity contribution is -0.823. The minimum atomic E-state index is -2.05. The Kier molecular flexibility index (Phi) is 8.01. The van der Waals surface area contributed by atoms with E-state index in [-0.39, 0.29) is 6.42 Å². The summed E-state index contributed by atoms with van der Waals surface area (Å²) in [6, 6.07) is 0. The second kappa shape index (κ2) is 9.18. The number of hydrogen-bond acceptors (Lipinski definition) is 12. The molecular weight excluding hydrogens is 356 g/mol. The molecular formula is C9H16N4O12. The first-order valence-electron chi connectivity index (χ1n) is 6.52. The van der Waals surface area contributed by atoms with E-state index in [1.165, 1.54) is 0 Å². The van der Waals surface area contributed by atoms with Gasteiger partial charge in [0.2, 0.25) is 0 Å². The van der Waals surface area contributed by atoms with Crippen LogP contribution in [0.4, 0.5) is 0 Å². The van der Waals surface area contributed by atoms with Crippen LogP contribution in [0, 0.1) is 45.9 Å². The zero-order valence-corrected chi connectivity index (χ0v) is 13.3. The van der Waals surface area contributed by atoms with Gasteiger partial charge in [-0.05, 0) is 11.8 Å². The standard InChI is InChI=1S/C9H16N4O12/c1-9(2,3)4-6(23-11(16)17)8(25-13(20)21)7(24-12(18)19)5-22-10(14)15/h6-8H,4-5H2,1-3H3/t6?,7-,8+/m1/s1. The largest absolute Gasteiger partial charge is 0.311 e. The lowest BCUT2D eigenvalue weighted by atomic mass is 9.86. The third-order valence-corrected chi connectivity index (χ3v) is 2.54. The highest BCUT2D eigenvalue weighted by Gasteiger charge is 2.40. The monoisotopic (exact) mass is 372 g/mol. The summed E-state index contributed by atoms with van der Waals surface area (Å²) in [6.07, 6.45) is -6.04. The molecule has 25 heavy (non-hydrogen) atoms. The quantitative estimate of drug-likeness (QED) is 0.335. The third-order valence-electron chi connectivity index (χ3n) is 2.54. The van der Waals surface area contributed by atoms with Crippen molar-refractivity contribution in [2.45, 2.75) is 45.5 Å². The summed E-state index contributed by atoms with van der Waals surface area (Å²) in [5.74, 6) is 0. The van der Waals surface area contributed by atoms with Crippen molar-refractivity contribution in [3.8, 4) is 0 Å². The molecule has 0 N–H and O–H groups in total. The first-order valence-corrected chi connectivity index (χ1v) is 6.52. The van der Waals surface area contributed by atoms with Crippen LogP contribution in [0.15, 0.2) is 0 Å². The average molecular weight is 372 g/mol. The SMILES string of the molecule is CC(C)(C)CC(O[N+](=O)[O-])[C@H](O[N+](=O)[O-])[C@@H](CO[N+](=O)[O-])O[N+](=O)[O-]. The molecule has 0 bridgehead atoms. The summed E-state index contributed by atoms with van der Waals surface area (Å²) in [5.41, 5.74) is -0.692. The topological polar surface area (TPSA) is 209 Å². The van der Waals surface area contributed by atoms with Crippen molar-refractivity contribution in [3.05, 3.63) is 40.5 Å². The van der Waals surface area contributed by atoms with E-state index in [4.69, 9.17) is 0 Å². The molecule has 0 radical (unpaired) electrons. The van der Waals surface area contributed by atoms with Gasteiger partial charge in [0.25, 0.3) is 20.3 Å². The van der Waals surface area contributed by atoms with E-state index in [1.807, 2.05) is 0 Å². The Morgan fingerprint density at radius 2 is 1.20 bits per heavy atom. The van der Waals surface area contributed by atoms with Gasteiger partial charge in [-0.1, -0.05) is 20.8 Å². The van der Waals surface area contributed by atoms with Crippen molar-refractivity contribution in [1.29, 1.82) is 0 Å². The van der Waals surface area contributed by atoms with Crippen molar-refractivity contribution < 1.29 is 39.7 Å². The van der Waals surface area contributed by atoms with Crippen LogP contribution < -0.4 is 0 Å². The van der Waals surface area contributed by atoms with E-state index >= 15 is 0 Å². The summed E-state index contributed by atoms with van der Waals surface area (Å²) < 4.78 is 0. The maximum absolute atomic E-state index is 10.7. The fraction of sp³-hybridized carbons (Fsp3) is 1.00. The molecule has 144 valence electrons. The Hall–Kier alpha value is -3.20. The molecule has 0 saturated heterocycles. The van der Waals surface area contributed by atoms with Crippen molar-refractivity contribution >= 4 is 0 Å². The van der Waals surface area contributed by atoms with Crippen LogP contribution in [0.2, 0.25) is 0 Å². The van der Waals surface area contributed by atoms with E-state index in [9.17, 15) is 40.5 Å². The summed E-state index contributed by atoms with van der Waals surface area (Å²) >= 11 is 0. The molecule has 0 spiro atoms. The predicted molar refractivity (Wildman–Crippen MR) is 72.6 cm³/mol. The molecule has 0 aliphatic carbocycles. The molecule has 0 aliphatic rings. The second-order valence-electron chi connectivity index (χ2n) is 5.81. The van der Waals surface area contributed by atoms with Gasteiger partial charge in [0, 0.05) is 0 Å². The van der Waals surface area contributed by atoms with Gasteiger partial charge in [0.1, 0.15) is 12.7 Å². The first kappa shape index (κ1) is 21.8. The van der Waals surface area contributed by atoms with Crippen molar-refractivity contribution in [3.63, 3.8) is 0 Å². The predicted octanol–water partition coefficient (Wildman–Crippen LogP) is 0.362. The first-order chi connectivity index (χ1) is 11.3. The van der Waals surface area contributed by atoms with Crippen LogP contribution in [-0.4, -0.2) is 45.3 Å². The van der Waals surface area contributed by atoms with E-state index in [0.717, 1.165) is 0 Å². The maximum atomic E-state index is 10.7. The third kappa shape index (κ3) is 10.2. The lowest BCUT2D eigenvalue weighted by Crippen LogP contribution is -2.49. The zero-order chi connectivity index (χ0) is 19.8. The summed E-state index contributed by atoms with van der Waals surface area (Å²) in [5, 5.41) is 36.7. The van der Waals surface area contributed by atoms with Gasteiger partial charge in [-0.25, -0.2) is 0 Å². The van der Waals surface area contributed by atoms with Crippen LogP contribution in [0.1, 0.15) is 27.2 Å². The summed E-state index contributed by atoms with van der Waals surface area (Å²) in [6.45, 7) is 3.64. The zero-order valence-electron chi connectivity index (χ0n) is 13.3. The van der Waals surface area contributed by atoms with Gasteiger partial charge < -0.3 is 19.4 Å². The Labute approximate surface area is 139 Å². The smallest absolute Gasteiger partial charge is 0.294 e. The van der Waals surface area contributed by atoms with Gasteiger partial charge >= 0.3 is 0 Å². The van der Waals surface area contributed by atoms with Gasteiger partial charge in [-0.3, -0.25) is 0 Å². The average Bonchev–Trinajstić information content (AvgIpc) is 2.37. The van der Waals surface area contributed by atoms with Gasteiger partial charge in [-0.15, -0.1) is 40.5 Å². The van der Waals surface area contributed by atoms with Crippen LogP contribution in [0.5, 0.6) is 0 Å². The Balaban J connectivity index is 5.69. The highest BCUT2D eigenvalue weighted by molar-refractivity contribution is 4.81. The Morgan fingerprint density at radius 1 is 0.760 bits per heavy atom. The van der Waals surface area contributed by atoms with E-state index in [0.29, 0.717) is 0 Å². The molecule has 0 aliphatic heterocycles. The molecule has 0 aromatic rings. The van der Waals surface area contributed by atoms with Crippen LogP contribution >= 0.6 is 0 Å². The van der Waals surface area contributed by atoms with E-state index < -0.39 is 50.7 Å². The van der Waals surface area contributed by atoms with Crippen LogP contribution in [0.3, 0.4) is 0 Å². The number of nitrogens with zero attached hydrogens (tertiary/aromatic N) is 4. The van der Waals surface area contributed by atoms with Gasteiger partial charge in [0.05, 0.1) is 0 Å². The van der Waals surface area contributed by atoms with E-state index in [2.05, 4.69) is 19.4 Å². The highest BCUT2D eigenvalue weighted by atomic mass is 17.0. The molecule has 16 heteroatoms. The Morgan fingerprint density at radius 3 is 1.56 bits per heavy atom. The molecule has 0 rings (SSSR count). The van der Waals surface area contributed by atoms with E-state index in [1.54, 1.807) is 20.8 Å². The van der Waals surface area contributed by atoms with Crippen molar-refractivity contribution in [2.75, 3.05) is 6.61 Å². The van der Waals surface area contributed by atoms with Crippen molar-refractivity contribution in [2.24, 2.45) is 5.41 Å². The van der Waals surface area contributed by atoms with Crippen molar-refractivity contribution in [1.82, 2.24) is 0 Å². The molecule has 16 nitrogen and oxygen atoms in total. The van der Waals surface area contributed by atoms with Gasteiger partial charge in [0.15, 0.2) is 12.2 Å². The lowest BCUT2D eigenvalue weighted by Gasteiger charge is -2.32. The van der Waals surface area contributed by atoms with Crippen LogP contribution in [0.25, 0.3) is 0 Å². The molecule has 0 aromatic carbocycles. The minimum Gasteiger partial charge on any atom is -0.311 e. The summed E-state index contributed by atoms with van der Waals surface area (Å²) in [7, 11) is 0. The molecule has 0 saturated carbocycles. The number of rotatable bonds is 12. The van der Waals surface area contributed by atoms with Gasteiger partial charge in [-0.2, -0.15) is 0 Å². The molecule has 1 unspecified atom stereocenters. The second-order valence-corrected chi connectivity index (χ2v) is 5.81. The fourth-order valence-corrected chi connectivity index (χ4v) is 1.83. The molecule has 0 aromatic heterocycles. The normalized spacial score (nSPS) is 14.5. The number of hydrogen-bond donors (Lipinski definition) is 0. The minimum absolute atomic E-state index is 0.234. The maximum Gasteiger partial charge on any atom is 0.294 e. The molecule has 3 atom stereocenters. The fourth-order valence-electron chi connectivity index (χ4n) is 1.83.